The Labute approximate surface area is 115 Å². The van der Waals surface area contributed by atoms with Gasteiger partial charge in [-0.3, -0.25) is 9.59 Å². The molecule has 1 heterocycles. The summed E-state index contributed by atoms with van der Waals surface area (Å²) in [5.74, 6) is 0.421. The maximum absolute atomic E-state index is 12.5. The highest BCUT2D eigenvalue weighted by molar-refractivity contribution is 5.97. The molecule has 1 aliphatic carbocycles. The van der Waals surface area contributed by atoms with E-state index in [4.69, 9.17) is 0 Å². The van der Waals surface area contributed by atoms with Crippen molar-refractivity contribution in [1.82, 2.24) is 10.2 Å². The van der Waals surface area contributed by atoms with Gasteiger partial charge in [0.1, 0.15) is 12.1 Å². The summed E-state index contributed by atoms with van der Waals surface area (Å²) in [4.78, 5) is 26.5. The maximum Gasteiger partial charge on any atom is 0.245 e. The Bertz CT molecular complexity index is 367. The van der Waals surface area contributed by atoms with E-state index in [0.717, 1.165) is 12.8 Å². The van der Waals surface area contributed by atoms with Gasteiger partial charge in [-0.05, 0) is 24.2 Å². The second-order valence-corrected chi connectivity index (χ2v) is 7.10. The third-order valence-corrected chi connectivity index (χ3v) is 4.49. The fourth-order valence-corrected chi connectivity index (χ4v) is 3.58. The molecule has 2 aliphatic rings. The van der Waals surface area contributed by atoms with E-state index in [0.29, 0.717) is 5.92 Å². The fraction of sp³-hybridized carbons (Fsp3) is 0.867. The number of nitrogens with zero attached hydrogens (tertiary/aromatic N) is 1. The second kappa shape index (κ2) is 5.14. The lowest BCUT2D eigenvalue weighted by molar-refractivity contribution is -0.153. The lowest BCUT2D eigenvalue weighted by atomic mass is 9.79. The Balaban J connectivity index is 2.15. The van der Waals surface area contributed by atoms with Gasteiger partial charge in [-0.1, -0.05) is 40.0 Å². The molecule has 0 aromatic rings. The zero-order valence-electron chi connectivity index (χ0n) is 12.5. The van der Waals surface area contributed by atoms with Gasteiger partial charge in [0, 0.05) is 7.05 Å². The molecular weight excluding hydrogens is 240 g/mol. The van der Waals surface area contributed by atoms with Crippen molar-refractivity contribution in [2.24, 2.45) is 11.3 Å². The number of hydrogen-bond donors (Lipinski definition) is 1. The Morgan fingerprint density at radius 2 is 1.68 bits per heavy atom. The first-order valence-corrected chi connectivity index (χ1v) is 7.39. The summed E-state index contributed by atoms with van der Waals surface area (Å²) in [7, 11) is 1.77. The summed E-state index contributed by atoms with van der Waals surface area (Å²) < 4.78 is 0. The van der Waals surface area contributed by atoms with Gasteiger partial charge < -0.3 is 10.2 Å². The Morgan fingerprint density at radius 3 is 2.21 bits per heavy atom. The molecule has 2 atom stereocenters. The highest BCUT2D eigenvalue weighted by Gasteiger charge is 2.46. The summed E-state index contributed by atoms with van der Waals surface area (Å²) >= 11 is 0. The van der Waals surface area contributed by atoms with Crippen molar-refractivity contribution in [3.8, 4) is 0 Å². The van der Waals surface area contributed by atoms with Crippen molar-refractivity contribution in [1.29, 1.82) is 0 Å². The van der Waals surface area contributed by atoms with Gasteiger partial charge in [-0.25, -0.2) is 0 Å². The average molecular weight is 266 g/mol. The normalized spacial score (nSPS) is 30.4. The van der Waals surface area contributed by atoms with E-state index in [-0.39, 0.29) is 29.3 Å². The molecule has 0 radical (unpaired) electrons. The molecule has 0 aromatic heterocycles. The molecule has 2 unspecified atom stereocenters. The third-order valence-electron chi connectivity index (χ3n) is 4.49. The quantitative estimate of drug-likeness (QED) is 0.788. The van der Waals surface area contributed by atoms with Crippen LogP contribution in [-0.4, -0.2) is 35.8 Å². The first-order valence-electron chi connectivity index (χ1n) is 7.39. The summed E-state index contributed by atoms with van der Waals surface area (Å²) in [5.41, 5.74) is -0.230. The smallest absolute Gasteiger partial charge is 0.245 e. The van der Waals surface area contributed by atoms with Crippen molar-refractivity contribution in [3.63, 3.8) is 0 Å². The van der Waals surface area contributed by atoms with Crippen LogP contribution in [0.25, 0.3) is 0 Å². The second-order valence-electron chi connectivity index (χ2n) is 7.10. The van der Waals surface area contributed by atoms with Crippen molar-refractivity contribution in [3.05, 3.63) is 0 Å². The predicted molar refractivity (Wildman–Crippen MR) is 74.5 cm³/mol. The lowest BCUT2D eigenvalue weighted by Crippen LogP contribution is -2.67. The van der Waals surface area contributed by atoms with Gasteiger partial charge in [0.2, 0.25) is 11.8 Å². The predicted octanol–water partition coefficient (Wildman–Crippen LogP) is 1.94. The Kier molecular flexibility index (Phi) is 3.88. The van der Waals surface area contributed by atoms with Gasteiger partial charge in [-0.2, -0.15) is 0 Å². The van der Waals surface area contributed by atoms with E-state index in [9.17, 15) is 9.59 Å². The number of nitrogens with one attached hydrogen (secondary N) is 1. The SMILES string of the molecule is CN1C(=O)C(C2CCCCC2)NC(=O)C1C(C)(C)C. The zero-order chi connectivity index (χ0) is 14.2. The van der Waals surface area contributed by atoms with Crippen LogP contribution in [0.3, 0.4) is 0 Å². The standard InChI is InChI=1S/C15H26N2O2/c1-15(2,3)12-13(18)16-11(14(19)17(12)4)10-8-6-5-7-9-10/h10-12H,5-9H2,1-4H3,(H,16,18). The van der Waals surface area contributed by atoms with Crippen LogP contribution in [0.15, 0.2) is 0 Å². The Morgan fingerprint density at radius 1 is 1.11 bits per heavy atom. The average Bonchev–Trinajstić information content (AvgIpc) is 2.33. The molecule has 19 heavy (non-hydrogen) atoms. The summed E-state index contributed by atoms with van der Waals surface area (Å²) in [5, 5.41) is 2.99. The molecule has 0 spiro atoms. The van der Waals surface area contributed by atoms with E-state index in [1.165, 1.54) is 19.3 Å². The third kappa shape index (κ3) is 2.77. The molecule has 0 bridgehead atoms. The molecule has 2 fully saturated rings. The molecular formula is C15H26N2O2. The minimum atomic E-state index is -0.361. The van der Waals surface area contributed by atoms with E-state index >= 15 is 0 Å². The number of carbonyl (C=O) groups excluding carboxylic acids is 2. The van der Waals surface area contributed by atoms with Crippen molar-refractivity contribution < 1.29 is 9.59 Å². The molecule has 108 valence electrons. The number of rotatable bonds is 1. The van der Waals surface area contributed by atoms with Crippen LogP contribution >= 0.6 is 0 Å². The molecule has 1 saturated carbocycles. The van der Waals surface area contributed by atoms with E-state index in [1.807, 2.05) is 20.8 Å². The van der Waals surface area contributed by atoms with E-state index < -0.39 is 0 Å². The lowest BCUT2D eigenvalue weighted by Gasteiger charge is -2.45. The highest BCUT2D eigenvalue weighted by atomic mass is 16.2. The van der Waals surface area contributed by atoms with Gasteiger partial charge in [0.15, 0.2) is 0 Å². The van der Waals surface area contributed by atoms with Crippen LogP contribution in [0.4, 0.5) is 0 Å². The van der Waals surface area contributed by atoms with Crippen molar-refractivity contribution >= 4 is 11.8 Å². The monoisotopic (exact) mass is 266 g/mol. The summed E-state index contributed by atoms with van der Waals surface area (Å²) in [6, 6.07) is -0.656. The number of carbonyl (C=O) groups is 2. The molecule has 1 N–H and O–H groups in total. The van der Waals surface area contributed by atoms with Gasteiger partial charge >= 0.3 is 0 Å². The fourth-order valence-electron chi connectivity index (χ4n) is 3.58. The highest BCUT2D eigenvalue weighted by Crippen LogP contribution is 2.32. The molecule has 4 heteroatoms. The Hall–Kier alpha value is -1.06. The number of piperazine rings is 1. The van der Waals surface area contributed by atoms with E-state index in [1.54, 1.807) is 11.9 Å². The summed E-state index contributed by atoms with van der Waals surface area (Å²) in [6.07, 6.45) is 5.73. The van der Waals surface area contributed by atoms with Crippen LogP contribution < -0.4 is 5.32 Å². The van der Waals surface area contributed by atoms with Crippen LogP contribution in [0.1, 0.15) is 52.9 Å². The van der Waals surface area contributed by atoms with Crippen LogP contribution in [0, 0.1) is 11.3 Å². The minimum absolute atomic E-state index is 0.00479. The van der Waals surface area contributed by atoms with Crippen molar-refractivity contribution in [2.75, 3.05) is 7.05 Å². The molecule has 2 rings (SSSR count). The van der Waals surface area contributed by atoms with Crippen LogP contribution in [0.2, 0.25) is 0 Å². The zero-order valence-corrected chi connectivity index (χ0v) is 12.5. The number of hydrogen-bond acceptors (Lipinski definition) is 2. The van der Waals surface area contributed by atoms with Crippen molar-refractivity contribution in [2.45, 2.75) is 65.0 Å². The molecule has 1 saturated heterocycles. The summed E-state index contributed by atoms with van der Waals surface area (Å²) in [6.45, 7) is 6.01. The maximum atomic E-state index is 12.5. The van der Waals surface area contributed by atoms with Crippen LogP contribution in [-0.2, 0) is 9.59 Å². The topological polar surface area (TPSA) is 49.4 Å². The largest absolute Gasteiger partial charge is 0.342 e. The first-order chi connectivity index (χ1) is 8.82. The molecule has 2 amide bonds. The number of amides is 2. The minimum Gasteiger partial charge on any atom is -0.342 e. The van der Waals surface area contributed by atoms with Gasteiger partial charge in [0.05, 0.1) is 0 Å². The van der Waals surface area contributed by atoms with Gasteiger partial charge in [-0.15, -0.1) is 0 Å². The number of likely N-dealkylation sites (N-methyl/N-ethyl adjacent to an activating group) is 1. The van der Waals surface area contributed by atoms with E-state index in [2.05, 4.69) is 5.32 Å². The molecule has 0 aromatic carbocycles. The molecule has 1 aliphatic heterocycles. The molecule has 4 nitrogen and oxygen atoms in total. The van der Waals surface area contributed by atoms with Gasteiger partial charge in [0.25, 0.3) is 0 Å². The first kappa shape index (κ1) is 14.4. The van der Waals surface area contributed by atoms with Crippen LogP contribution in [0.5, 0.6) is 0 Å².